The molecule has 0 radical (unpaired) electrons. The Balaban J connectivity index is 1.49. The standard InChI is InChI=1S/C18H21N5O3/c1-26-14-6-4-5-13(11-14)22-10-9-21(12-16(22)24)18(25)17-20-19-15-7-2-3-8-23(15)17/h4-6,11H,2-3,7-10,12H2,1H3. The molecule has 4 rings (SSSR count). The summed E-state index contributed by atoms with van der Waals surface area (Å²) >= 11 is 0. The van der Waals surface area contributed by atoms with Crippen molar-refractivity contribution in [3.63, 3.8) is 0 Å². The van der Waals surface area contributed by atoms with Crippen LogP contribution < -0.4 is 9.64 Å². The van der Waals surface area contributed by atoms with Gasteiger partial charge in [-0.15, -0.1) is 10.2 Å². The van der Waals surface area contributed by atoms with Gasteiger partial charge in [-0.1, -0.05) is 6.07 Å². The lowest BCUT2D eigenvalue weighted by Gasteiger charge is -2.34. The number of carbonyl (C=O) groups is 2. The molecule has 8 heteroatoms. The second kappa shape index (κ2) is 6.78. The third-order valence-electron chi connectivity index (χ3n) is 4.92. The van der Waals surface area contributed by atoms with Crippen LogP contribution in [0.4, 0.5) is 5.69 Å². The first-order valence-electron chi connectivity index (χ1n) is 8.83. The molecule has 0 atom stereocenters. The fourth-order valence-corrected chi connectivity index (χ4v) is 3.51. The van der Waals surface area contributed by atoms with Crippen LogP contribution in [-0.2, 0) is 17.8 Å². The van der Waals surface area contributed by atoms with Crippen molar-refractivity contribution in [3.8, 4) is 5.75 Å². The number of rotatable bonds is 3. The number of piperazine rings is 1. The van der Waals surface area contributed by atoms with Crippen LogP contribution in [0, 0.1) is 0 Å². The summed E-state index contributed by atoms with van der Waals surface area (Å²) in [5.74, 6) is 1.58. The second-order valence-electron chi connectivity index (χ2n) is 6.52. The van der Waals surface area contributed by atoms with E-state index in [1.807, 2.05) is 28.8 Å². The molecule has 1 aromatic carbocycles. The van der Waals surface area contributed by atoms with Crippen molar-refractivity contribution < 1.29 is 14.3 Å². The zero-order valence-corrected chi connectivity index (χ0v) is 14.7. The SMILES string of the molecule is COc1cccc(N2CCN(C(=O)c3nnc4n3CCCC4)CC2=O)c1. The summed E-state index contributed by atoms with van der Waals surface area (Å²) in [7, 11) is 1.59. The molecule has 1 aromatic heterocycles. The summed E-state index contributed by atoms with van der Waals surface area (Å²) in [5.41, 5.74) is 0.779. The first-order valence-corrected chi connectivity index (χ1v) is 8.83. The highest BCUT2D eigenvalue weighted by atomic mass is 16.5. The van der Waals surface area contributed by atoms with Crippen LogP contribution in [0.2, 0.25) is 0 Å². The molecule has 0 bridgehead atoms. The van der Waals surface area contributed by atoms with Crippen molar-refractivity contribution in [2.24, 2.45) is 0 Å². The fraction of sp³-hybridized carbons (Fsp3) is 0.444. The van der Waals surface area contributed by atoms with Crippen LogP contribution in [-0.4, -0.2) is 58.2 Å². The summed E-state index contributed by atoms with van der Waals surface area (Å²) in [6.45, 7) is 1.71. The van der Waals surface area contributed by atoms with Gasteiger partial charge in [0, 0.05) is 37.8 Å². The van der Waals surface area contributed by atoms with Gasteiger partial charge in [0.1, 0.15) is 18.1 Å². The Bertz CT molecular complexity index is 847. The summed E-state index contributed by atoms with van der Waals surface area (Å²) in [5, 5.41) is 8.21. The van der Waals surface area contributed by atoms with Crippen molar-refractivity contribution in [1.29, 1.82) is 0 Å². The number of amides is 2. The predicted molar refractivity (Wildman–Crippen MR) is 94.2 cm³/mol. The second-order valence-corrected chi connectivity index (χ2v) is 6.52. The van der Waals surface area contributed by atoms with Gasteiger partial charge in [-0.3, -0.25) is 9.59 Å². The van der Waals surface area contributed by atoms with Crippen molar-refractivity contribution in [2.45, 2.75) is 25.8 Å². The first-order chi connectivity index (χ1) is 12.7. The topological polar surface area (TPSA) is 80.6 Å². The van der Waals surface area contributed by atoms with Gasteiger partial charge in [0.15, 0.2) is 0 Å². The van der Waals surface area contributed by atoms with E-state index < -0.39 is 0 Å². The lowest BCUT2D eigenvalue weighted by molar-refractivity contribution is -0.120. The number of ether oxygens (including phenoxy) is 1. The maximum atomic E-state index is 12.8. The van der Waals surface area contributed by atoms with Crippen LogP contribution in [0.15, 0.2) is 24.3 Å². The molecule has 1 fully saturated rings. The number of aryl methyl sites for hydroxylation is 1. The van der Waals surface area contributed by atoms with Crippen molar-refractivity contribution in [1.82, 2.24) is 19.7 Å². The van der Waals surface area contributed by atoms with Crippen LogP contribution in [0.1, 0.15) is 29.3 Å². The van der Waals surface area contributed by atoms with Crippen LogP contribution in [0.5, 0.6) is 5.75 Å². The van der Waals surface area contributed by atoms with Crippen LogP contribution >= 0.6 is 0 Å². The number of methoxy groups -OCH3 is 1. The molecule has 3 heterocycles. The quantitative estimate of drug-likeness (QED) is 0.824. The Morgan fingerprint density at radius 3 is 2.85 bits per heavy atom. The van der Waals surface area contributed by atoms with Crippen molar-refractivity contribution >= 4 is 17.5 Å². The molecule has 0 unspecified atom stereocenters. The zero-order valence-electron chi connectivity index (χ0n) is 14.7. The predicted octanol–water partition coefficient (Wildman–Crippen LogP) is 1.11. The monoisotopic (exact) mass is 355 g/mol. The summed E-state index contributed by atoms with van der Waals surface area (Å²) in [4.78, 5) is 28.7. The highest BCUT2D eigenvalue weighted by molar-refractivity contribution is 6.00. The van der Waals surface area contributed by atoms with E-state index in [-0.39, 0.29) is 18.4 Å². The number of carbonyl (C=O) groups excluding carboxylic acids is 2. The molecule has 136 valence electrons. The van der Waals surface area contributed by atoms with E-state index in [4.69, 9.17) is 4.74 Å². The number of anilines is 1. The Labute approximate surface area is 151 Å². The van der Waals surface area contributed by atoms with Gasteiger partial charge in [0.05, 0.1) is 7.11 Å². The minimum Gasteiger partial charge on any atom is -0.497 e. The van der Waals surface area contributed by atoms with Gasteiger partial charge in [-0.05, 0) is 25.0 Å². The molecular formula is C18H21N5O3. The minimum atomic E-state index is -0.218. The van der Waals surface area contributed by atoms with Crippen molar-refractivity contribution in [3.05, 3.63) is 35.9 Å². The van der Waals surface area contributed by atoms with Gasteiger partial charge in [0.25, 0.3) is 5.91 Å². The van der Waals surface area contributed by atoms with E-state index in [9.17, 15) is 9.59 Å². The van der Waals surface area contributed by atoms with Gasteiger partial charge in [-0.25, -0.2) is 0 Å². The Morgan fingerprint density at radius 2 is 2.04 bits per heavy atom. The van der Waals surface area contributed by atoms with E-state index in [2.05, 4.69) is 10.2 Å². The normalized spacial score (nSPS) is 17.2. The number of hydrogen-bond donors (Lipinski definition) is 0. The molecule has 0 saturated carbocycles. The number of nitrogens with zero attached hydrogens (tertiary/aromatic N) is 5. The van der Waals surface area contributed by atoms with E-state index in [0.29, 0.717) is 24.7 Å². The van der Waals surface area contributed by atoms with Crippen molar-refractivity contribution in [2.75, 3.05) is 31.6 Å². The largest absolute Gasteiger partial charge is 0.497 e. The number of benzene rings is 1. The van der Waals surface area contributed by atoms with Gasteiger partial charge in [0.2, 0.25) is 11.7 Å². The Hall–Kier alpha value is -2.90. The molecule has 0 aliphatic carbocycles. The van der Waals surface area contributed by atoms with E-state index >= 15 is 0 Å². The van der Waals surface area contributed by atoms with Crippen LogP contribution in [0.3, 0.4) is 0 Å². The molecule has 0 spiro atoms. The van der Waals surface area contributed by atoms with E-state index in [0.717, 1.165) is 37.3 Å². The van der Waals surface area contributed by atoms with Gasteiger partial charge in [-0.2, -0.15) is 0 Å². The Kier molecular flexibility index (Phi) is 4.32. The maximum absolute atomic E-state index is 12.8. The molecule has 2 aliphatic rings. The highest BCUT2D eigenvalue weighted by Crippen LogP contribution is 2.23. The third kappa shape index (κ3) is 2.91. The Morgan fingerprint density at radius 1 is 1.15 bits per heavy atom. The summed E-state index contributed by atoms with van der Waals surface area (Å²) in [6.07, 6.45) is 2.95. The number of hydrogen-bond acceptors (Lipinski definition) is 5. The highest BCUT2D eigenvalue weighted by Gasteiger charge is 2.32. The van der Waals surface area contributed by atoms with Crippen LogP contribution in [0.25, 0.3) is 0 Å². The van der Waals surface area contributed by atoms with E-state index in [1.54, 1.807) is 16.9 Å². The number of aromatic nitrogens is 3. The molecule has 8 nitrogen and oxygen atoms in total. The number of fused-ring (bicyclic) bond motifs is 1. The molecule has 1 saturated heterocycles. The maximum Gasteiger partial charge on any atom is 0.292 e. The summed E-state index contributed by atoms with van der Waals surface area (Å²) < 4.78 is 7.12. The van der Waals surface area contributed by atoms with E-state index in [1.165, 1.54) is 0 Å². The molecule has 2 aliphatic heterocycles. The molecular weight excluding hydrogens is 334 g/mol. The third-order valence-corrected chi connectivity index (χ3v) is 4.92. The minimum absolute atomic E-state index is 0.0399. The van der Waals surface area contributed by atoms with Gasteiger partial charge < -0.3 is 19.1 Å². The lowest BCUT2D eigenvalue weighted by atomic mass is 10.1. The first kappa shape index (κ1) is 16.6. The average Bonchev–Trinajstić information content (AvgIpc) is 3.11. The average molecular weight is 355 g/mol. The van der Waals surface area contributed by atoms with Gasteiger partial charge >= 0.3 is 0 Å². The fourth-order valence-electron chi connectivity index (χ4n) is 3.51. The smallest absolute Gasteiger partial charge is 0.292 e. The summed E-state index contributed by atoms with van der Waals surface area (Å²) in [6, 6.07) is 7.38. The molecule has 2 amide bonds. The molecule has 0 N–H and O–H groups in total. The lowest BCUT2D eigenvalue weighted by Crippen LogP contribution is -2.52. The molecule has 26 heavy (non-hydrogen) atoms. The molecule has 2 aromatic rings. The zero-order chi connectivity index (χ0) is 18.1.